The summed E-state index contributed by atoms with van der Waals surface area (Å²) >= 11 is 5.59. The molecule has 1 fully saturated rings. The first-order chi connectivity index (χ1) is 8.70. The Bertz CT molecular complexity index is 399. The van der Waals surface area contributed by atoms with E-state index in [9.17, 15) is 0 Å². The van der Waals surface area contributed by atoms with Crippen molar-refractivity contribution in [1.29, 1.82) is 0 Å². The molecule has 2 rings (SSSR count). The molecule has 1 aliphatic rings. The van der Waals surface area contributed by atoms with E-state index in [4.69, 9.17) is 4.74 Å². The van der Waals surface area contributed by atoms with Crippen LogP contribution in [0.4, 0.5) is 0 Å². The zero-order chi connectivity index (χ0) is 13.0. The first-order valence-electron chi connectivity index (χ1n) is 6.48. The molecule has 2 unspecified atom stereocenters. The standard InChI is InChI=1S/C14H20BrNOS/c1-3-16-9-11-4-5-12(8-13(11)15)18-14-6-7-17-10(14)2/h4-5,8,10,14,16H,3,6-7,9H2,1-2H3. The van der Waals surface area contributed by atoms with Crippen molar-refractivity contribution in [3.8, 4) is 0 Å². The Hall–Kier alpha value is -0.0300. The van der Waals surface area contributed by atoms with Gasteiger partial charge in [0.15, 0.2) is 0 Å². The van der Waals surface area contributed by atoms with Crippen molar-refractivity contribution in [2.75, 3.05) is 13.2 Å². The average Bonchev–Trinajstić information content (AvgIpc) is 2.74. The number of halogens is 1. The highest BCUT2D eigenvalue weighted by Gasteiger charge is 2.25. The summed E-state index contributed by atoms with van der Waals surface area (Å²) in [5.41, 5.74) is 1.32. The molecule has 1 heterocycles. The quantitative estimate of drug-likeness (QED) is 0.887. The maximum atomic E-state index is 5.60. The molecule has 0 amide bonds. The molecule has 0 radical (unpaired) electrons. The van der Waals surface area contributed by atoms with E-state index in [-0.39, 0.29) is 0 Å². The van der Waals surface area contributed by atoms with E-state index in [2.05, 4.69) is 53.3 Å². The fraction of sp³-hybridized carbons (Fsp3) is 0.571. The van der Waals surface area contributed by atoms with E-state index in [0.717, 1.165) is 26.1 Å². The number of nitrogens with one attached hydrogen (secondary N) is 1. The van der Waals surface area contributed by atoms with Crippen LogP contribution < -0.4 is 5.32 Å². The van der Waals surface area contributed by atoms with E-state index >= 15 is 0 Å². The Morgan fingerprint density at radius 1 is 1.50 bits per heavy atom. The van der Waals surface area contributed by atoms with Gasteiger partial charge in [-0.3, -0.25) is 0 Å². The van der Waals surface area contributed by atoms with Gasteiger partial charge < -0.3 is 10.1 Å². The summed E-state index contributed by atoms with van der Waals surface area (Å²) < 4.78 is 6.80. The van der Waals surface area contributed by atoms with Crippen molar-refractivity contribution >= 4 is 27.7 Å². The minimum absolute atomic E-state index is 0.371. The Labute approximate surface area is 122 Å². The Morgan fingerprint density at radius 3 is 2.94 bits per heavy atom. The first-order valence-corrected chi connectivity index (χ1v) is 8.15. The highest BCUT2D eigenvalue weighted by molar-refractivity contribution is 9.10. The minimum Gasteiger partial charge on any atom is -0.377 e. The molecular formula is C14H20BrNOS. The zero-order valence-electron chi connectivity index (χ0n) is 10.9. The molecule has 0 spiro atoms. The number of hydrogen-bond donors (Lipinski definition) is 1. The van der Waals surface area contributed by atoms with Crippen LogP contribution in [0.2, 0.25) is 0 Å². The van der Waals surface area contributed by atoms with Gasteiger partial charge in [-0.2, -0.15) is 0 Å². The van der Waals surface area contributed by atoms with Crippen molar-refractivity contribution in [3.05, 3.63) is 28.2 Å². The third kappa shape index (κ3) is 3.73. The number of thioether (sulfide) groups is 1. The molecule has 1 aliphatic heterocycles. The topological polar surface area (TPSA) is 21.3 Å². The van der Waals surface area contributed by atoms with E-state index in [1.807, 2.05) is 11.8 Å². The van der Waals surface area contributed by atoms with Crippen LogP contribution in [0.25, 0.3) is 0 Å². The summed E-state index contributed by atoms with van der Waals surface area (Å²) in [6.07, 6.45) is 1.53. The normalized spacial score (nSPS) is 23.5. The van der Waals surface area contributed by atoms with E-state index in [1.54, 1.807) is 0 Å². The fourth-order valence-electron chi connectivity index (χ4n) is 2.05. The third-order valence-electron chi connectivity index (χ3n) is 3.18. The SMILES string of the molecule is CCNCc1ccc(SC2CCOC2C)cc1Br. The Morgan fingerprint density at radius 2 is 2.33 bits per heavy atom. The van der Waals surface area contributed by atoms with Gasteiger partial charge in [0.1, 0.15) is 0 Å². The van der Waals surface area contributed by atoms with Crippen LogP contribution in [0.1, 0.15) is 25.8 Å². The molecule has 100 valence electrons. The minimum atomic E-state index is 0.371. The highest BCUT2D eigenvalue weighted by Crippen LogP contribution is 2.34. The van der Waals surface area contributed by atoms with Crippen molar-refractivity contribution in [1.82, 2.24) is 5.32 Å². The van der Waals surface area contributed by atoms with Crippen LogP contribution in [0.5, 0.6) is 0 Å². The number of ether oxygens (including phenoxy) is 1. The lowest BCUT2D eigenvalue weighted by atomic mass is 10.2. The monoisotopic (exact) mass is 329 g/mol. The van der Waals surface area contributed by atoms with Gasteiger partial charge in [0.25, 0.3) is 0 Å². The predicted molar refractivity (Wildman–Crippen MR) is 81.2 cm³/mol. The second kappa shape index (κ2) is 6.94. The van der Waals surface area contributed by atoms with Crippen LogP contribution in [0.15, 0.2) is 27.6 Å². The van der Waals surface area contributed by atoms with Crippen LogP contribution in [0.3, 0.4) is 0 Å². The molecule has 4 heteroatoms. The van der Waals surface area contributed by atoms with Crippen molar-refractivity contribution in [2.45, 2.75) is 43.1 Å². The molecule has 1 saturated heterocycles. The van der Waals surface area contributed by atoms with Gasteiger partial charge in [-0.05, 0) is 37.6 Å². The number of hydrogen-bond acceptors (Lipinski definition) is 3. The third-order valence-corrected chi connectivity index (χ3v) is 5.37. The van der Waals surface area contributed by atoms with E-state index in [1.165, 1.54) is 14.9 Å². The molecule has 0 saturated carbocycles. The van der Waals surface area contributed by atoms with Crippen LogP contribution in [0, 0.1) is 0 Å². The van der Waals surface area contributed by atoms with E-state index in [0.29, 0.717) is 11.4 Å². The predicted octanol–water partition coefficient (Wildman–Crippen LogP) is 3.83. The molecule has 2 nitrogen and oxygen atoms in total. The zero-order valence-corrected chi connectivity index (χ0v) is 13.3. The number of benzene rings is 1. The summed E-state index contributed by atoms with van der Waals surface area (Å²) in [5, 5.41) is 3.94. The second-order valence-corrected chi connectivity index (χ2v) is 6.72. The van der Waals surface area contributed by atoms with Gasteiger partial charge in [-0.15, -0.1) is 11.8 Å². The van der Waals surface area contributed by atoms with Gasteiger partial charge in [0, 0.05) is 27.8 Å². The lowest BCUT2D eigenvalue weighted by molar-refractivity contribution is 0.127. The maximum Gasteiger partial charge on any atom is 0.0669 e. The van der Waals surface area contributed by atoms with Gasteiger partial charge in [-0.25, -0.2) is 0 Å². The molecule has 18 heavy (non-hydrogen) atoms. The summed E-state index contributed by atoms with van der Waals surface area (Å²) in [4.78, 5) is 1.32. The smallest absolute Gasteiger partial charge is 0.0669 e. The molecule has 2 atom stereocenters. The molecule has 1 aromatic rings. The van der Waals surface area contributed by atoms with Crippen molar-refractivity contribution in [2.24, 2.45) is 0 Å². The lowest BCUT2D eigenvalue weighted by Crippen LogP contribution is -2.13. The van der Waals surface area contributed by atoms with Gasteiger partial charge in [0.2, 0.25) is 0 Å². The average molecular weight is 330 g/mol. The molecule has 0 aromatic heterocycles. The summed E-state index contributed by atoms with van der Waals surface area (Å²) in [5.74, 6) is 0. The molecular weight excluding hydrogens is 310 g/mol. The molecule has 1 N–H and O–H groups in total. The number of rotatable bonds is 5. The molecule has 0 aliphatic carbocycles. The fourth-order valence-corrected chi connectivity index (χ4v) is 3.88. The Balaban J connectivity index is 1.99. The lowest BCUT2D eigenvalue weighted by Gasteiger charge is -2.14. The van der Waals surface area contributed by atoms with Gasteiger partial charge in [-0.1, -0.05) is 28.9 Å². The summed E-state index contributed by atoms with van der Waals surface area (Å²) in [6.45, 7) is 7.11. The molecule has 0 bridgehead atoms. The maximum absolute atomic E-state index is 5.60. The van der Waals surface area contributed by atoms with Crippen LogP contribution in [-0.4, -0.2) is 24.5 Å². The summed E-state index contributed by atoms with van der Waals surface area (Å²) in [7, 11) is 0. The highest BCUT2D eigenvalue weighted by atomic mass is 79.9. The van der Waals surface area contributed by atoms with Crippen LogP contribution in [-0.2, 0) is 11.3 Å². The summed E-state index contributed by atoms with van der Waals surface area (Å²) in [6, 6.07) is 6.64. The molecule has 1 aromatic carbocycles. The largest absolute Gasteiger partial charge is 0.377 e. The second-order valence-electron chi connectivity index (χ2n) is 4.55. The van der Waals surface area contributed by atoms with Crippen LogP contribution >= 0.6 is 27.7 Å². The first kappa shape index (κ1) is 14.4. The van der Waals surface area contributed by atoms with Crippen molar-refractivity contribution in [3.63, 3.8) is 0 Å². The van der Waals surface area contributed by atoms with Gasteiger partial charge in [0.05, 0.1) is 6.10 Å². The van der Waals surface area contributed by atoms with Crippen molar-refractivity contribution < 1.29 is 4.74 Å². The Kier molecular flexibility index (Phi) is 5.55. The van der Waals surface area contributed by atoms with E-state index < -0.39 is 0 Å². The van der Waals surface area contributed by atoms with Gasteiger partial charge >= 0.3 is 0 Å².